The van der Waals surface area contributed by atoms with Gasteiger partial charge >= 0.3 is 0 Å². The molecule has 1 saturated carbocycles. The normalized spacial score (nSPS) is 27.1. The second-order valence-electron chi connectivity index (χ2n) is 6.40. The molecule has 1 aliphatic heterocycles. The quantitative estimate of drug-likeness (QED) is 0.860. The van der Waals surface area contributed by atoms with Gasteiger partial charge in [0.1, 0.15) is 5.75 Å². The summed E-state index contributed by atoms with van der Waals surface area (Å²) < 4.78 is 5.47. The Morgan fingerprint density at radius 1 is 1.20 bits per heavy atom. The number of likely N-dealkylation sites (tertiary alicyclic amines) is 1. The molecule has 2 atom stereocenters. The average Bonchev–Trinajstić information content (AvgIpc) is 2.47. The van der Waals surface area contributed by atoms with Crippen molar-refractivity contribution in [2.24, 2.45) is 11.8 Å². The number of ether oxygens (including phenoxy) is 1. The van der Waals surface area contributed by atoms with Gasteiger partial charge in [-0.2, -0.15) is 0 Å². The predicted octanol–water partition coefficient (Wildman–Crippen LogP) is 3.29. The van der Waals surface area contributed by atoms with Crippen LogP contribution < -0.4 is 10.5 Å². The zero-order valence-electron chi connectivity index (χ0n) is 12.5. The van der Waals surface area contributed by atoms with Crippen molar-refractivity contribution in [3.8, 4) is 5.75 Å². The van der Waals surface area contributed by atoms with Gasteiger partial charge in [0.15, 0.2) is 0 Å². The van der Waals surface area contributed by atoms with Crippen molar-refractivity contribution >= 4 is 5.69 Å². The Hall–Kier alpha value is -1.22. The van der Waals surface area contributed by atoms with E-state index in [2.05, 4.69) is 11.0 Å². The van der Waals surface area contributed by atoms with Crippen LogP contribution in [0.15, 0.2) is 18.2 Å². The molecule has 0 aromatic heterocycles. The lowest BCUT2D eigenvalue weighted by Crippen LogP contribution is -2.41. The monoisotopic (exact) mass is 274 g/mol. The molecule has 1 saturated heterocycles. The minimum atomic E-state index is 0.827. The third-order valence-electron chi connectivity index (χ3n) is 5.07. The van der Waals surface area contributed by atoms with Gasteiger partial charge in [-0.05, 0) is 49.4 Å². The molecule has 2 fully saturated rings. The van der Waals surface area contributed by atoms with E-state index in [0.717, 1.165) is 29.8 Å². The molecule has 3 nitrogen and oxygen atoms in total. The predicted molar refractivity (Wildman–Crippen MR) is 82.7 cm³/mol. The number of benzene rings is 1. The van der Waals surface area contributed by atoms with Crippen LogP contribution in [0.25, 0.3) is 0 Å². The first kappa shape index (κ1) is 13.7. The first-order valence-corrected chi connectivity index (χ1v) is 7.91. The summed E-state index contributed by atoms with van der Waals surface area (Å²) >= 11 is 0. The SMILES string of the molecule is COc1ccc(N)cc1CN1CCC2CCCCC2C1. The van der Waals surface area contributed by atoms with Crippen molar-refractivity contribution in [3.63, 3.8) is 0 Å². The Labute approximate surface area is 122 Å². The standard InChI is InChI=1S/C17H26N2O/c1-20-17-7-6-16(18)10-15(17)12-19-9-8-13-4-2-3-5-14(13)11-19/h6-7,10,13-14H,2-5,8-9,11-12,18H2,1H3. The van der Waals surface area contributed by atoms with Gasteiger partial charge in [-0.3, -0.25) is 4.90 Å². The molecule has 2 aliphatic rings. The molecule has 1 aromatic carbocycles. The Morgan fingerprint density at radius 2 is 2.00 bits per heavy atom. The molecule has 1 heterocycles. The first-order chi connectivity index (χ1) is 9.76. The summed E-state index contributed by atoms with van der Waals surface area (Å²) in [6.45, 7) is 3.44. The van der Waals surface area contributed by atoms with Gasteiger partial charge < -0.3 is 10.5 Å². The third-order valence-corrected chi connectivity index (χ3v) is 5.07. The summed E-state index contributed by atoms with van der Waals surface area (Å²) in [5.41, 5.74) is 7.97. The maximum atomic E-state index is 5.92. The van der Waals surface area contributed by atoms with Crippen LogP contribution in [0.1, 0.15) is 37.7 Å². The van der Waals surface area contributed by atoms with Gasteiger partial charge in [0.2, 0.25) is 0 Å². The molecule has 2 N–H and O–H groups in total. The lowest BCUT2D eigenvalue weighted by Gasteiger charge is -2.41. The second kappa shape index (κ2) is 6.04. The third kappa shape index (κ3) is 2.93. The van der Waals surface area contributed by atoms with Crippen LogP contribution in [0, 0.1) is 11.8 Å². The molecule has 110 valence electrons. The smallest absolute Gasteiger partial charge is 0.123 e. The number of fused-ring (bicyclic) bond motifs is 1. The minimum absolute atomic E-state index is 0.827. The number of anilines is 1. The van der Waals surface area contributed by atoms with Gasteiger partial charge in [-0.1, -0.05) is 19.3 Å². The number of piperidine rings is 1. The Morgan fingerprint density at radius 3 is 2.80 bits per heavy atom. The van der Waals surface area contributed by atoms with Crippen LogP contribution in [0.3, 0.4) is 0 Å². The molecule has 1 aliphatic carbocycles. The maximum Gasteiger partial charge on any atom is 0.123 e. The van der Waals surface area contributed by atoms with Crippen molar-refractivity contribution in [2.75, 3.05) is 25.9 Å². The molecular weight excluding hydrogens is 248 g/mol. The molecule has 0 amide bonds. The van der Waals surface area contributed by atoms with E-state index in [9.17, 15) is 0 Å². The van der Waals surface area contributed by atoms with Crippen LogP contribution in [-0.4, -0.2) is 25.1 Å². The summed E-state index contributed by atoms with van der Waals surface area (Å²) in [4.78, 5) is 2.59. The number of nitrogens with two attached hydrogens (primary N) is 1. The largest absolute Gasteiger partial charge is 0.496 e. The molecule has 0 radical (unpaired) electrons. The van der Waals surface area contributed by atoms with Crippen molar-refractivity contribution in [3.05, 3.63) is 23.8 Å². The lowest BCUT2D eigenvalue weighted by molar-refractivity contribution is 0.0815. The van der Waals surface area contributed by atoms with Gasteiger partial charge in [0.25, 0.3) is 0 Å². The van der Waals surface area contributed by atoms with Crippen molar-refractivity contribution in [2.45, 2.75) is 38.6 Å². The van der Waals surface area contributed by atoms with Gasteiger partial charge in [0.05, 0.1) is 7.11 Å². The van der Waals surface area contributed by atoms with Crippen molar-refractivity contribution in [1.29, 1.82) is 0 Å². The average molecular weight is 274 g/mol. The molecule has 3 heteroatoms. The van der Waals surface area contributed by atoms with Gasteiger partial charge in [-0.15, -0.1) is 0 Å². The summed E-state index contributed by atoms with van der Waals surface area (Å²) in [5, 5.41) is 0. The number of nitrogen functional groups attached to an aromatic ring is 1. The molecular formula is C17H26N2O. The number of hydrogen-bond acceptors (Lipinski definition) is 3. The molecule has 1 aromatic rings. The van der Waals surface area contributed by atoms with Gasteiger partial charge in [-0.25, -0.2) is 0 Å². The van der Waals surface area contributed by atoms with E-state index in [1.54, 1.807) is 7.11 Å². The van der Waals surface area contributed by atoms with Crippen LogP contribution >= 0.6 is 0 Å². The molecule has 0 spiro atoms. The molecule has 3 rings (SSSR count). The zero-order valence-corrected chi connectivity index (χ0v) is 12.5. The van der Waals surface area contributed by atoms with Crippen LogP contribution in [-0.2, 0) is 6.54 Å². The summed E-state index contributed by atoms with van der Waals surface area (Å²) in [5.74, 6) is 2.87. The molecule has 2 unspecified atom stereocenters. The van der Waals surface area contributed by atoms with Crippen molar-refractivity contribution in [1.82, 2.24) is 4.90 Å². The second-order valence-corrected chi connectivity index (χ2v) is 6.40. The fourth-order valence-electron chi connectivity index (χ4n) is 3.98. The Bertz CT molecular complexity index is 460. The molecule has 0 bridgehead atoms. The van der Waals surface area contributed by atoms with Crippen LogP contribution in [0.5, 0.6) is 5.75 Å². The zero-order chi connectivity index (χ0) is 13.9. The van der Waals surface area contributed by atoms with Crippen LogP contribution in [0.2, 0.25) is 0 Å². The number of nitrogens with zero attached hydrogens (tertiary/aromatic N) is 1. The van der Waals surface area contributed by atoms with Crippen molar-refractivity contribution < 1.29 is 4.74 Å². The fourth-order valence-corrected chi connectivity index (χ4v) is 3.98. The Kier molecular flexibility index (Phi) is 4.16. The summed E-state index contributed by atoms with van der Waals surface area (Å²) in [6.07, 6.45) is 7.13. The van der Waals surface area contributed by atoms with E-state index in [-0.39, 0.29) is 0 Å². The fraction of sp³-hybridized carbons (Fsp3) is 0.647. The first-order valence-electron chi connectivity index (χ1n) is 7.91. The van der Waals surface area contributed by atoms with Gasteiger partial charge in [0, 0.05) is 24.3 Å². The minimum Gasteiger partial charge on any atom is -0.496 e. The highest BCUT2D eigenvalue weighted by Gasteiger charge is 2.31. The highest BCUT2D eigenvalue weighted by molar-refractivity contribution is 5.47. The van der Waals surface area contributed by atoms with E-state index in [1.165, 1.54) is 50.8 Å². The van der Waals surface area contributed by atoms with Crippen LogP contribution in [0.4, 0.5) is 5.69 Å². The summed E-state index contributed by atoms with van der Waals surface area (Å²) in [7, 11) is 1.74. The lowest BCUT2D eigenvalue weighted by atomic mass is 9.75. The maximum absolute atomic E-state index is 5.92. The summed E-state index contributed by atoms with van der Waals surface area (Å²) in [6, 6.07) is 5.96. The number of rotatable bonds is 3. The highest BCUT2D eigenvalue weighted by atomic mass is 16.5. The van der Waals surface area contributed by atoms with E-state index in [0.29, 0.717) is 0 Å². The Balaban J connectivity index is 1.67. The van der Waals surface area contributed by atoms with E-state index in [1.807, 2.05) is 12.1 Å². The van der Waals surface area contributed by atoms with E-state index in [4.69, 9.17) is 10.5 Å². The molecule has 20 heavy (non-hydrogen) atoms. The van der Waals surface area contributed by atoms with E-state index < -0.39 is 0 Å². The highest BCUT2D eigenvalue weighted by Crippen LogP contribution is 2.37. The number of hydrogen-bond donors (Lipinski definition) is 1. The van der Waals surface area contributed by atoms with E-state index >= 15 is 0 Å². The number of methoxy groups -OCH3 is 1. The topological polar surface area (TPSA) is 38.5 Å².